The van der Waals surface area contributed by atoms with Crippen molar-refractivity contribution in [2.75, 3.05) is 23.7 Å². The molecule has 0 aliphatic rings. The van der Waals surface area contributed by atoms with Gasteiger partial charge in [-0.05, 0) is 45.0 Å². The first kappa shape index (κ1) is 19.0. The first-order valence-corrected chi connectivity index (χ1v) is 9.09. The lowest BCUT2D eigenvalue weighted by molar-refractivity contribution is 0.101. The zero-order valence-electron chi connectivity index (χ0n) is 13.8. The molecule has 0 saturated heterocycles. The van der Waals surface area contributed by atoms with E-state index in [1.165, 1.54) is 11.2 Å². The quantitative estimate of drug-likeness (QED) is 0.732. The average molecular weight is 341 g/mol. The van der Waals surface area contributed by atoms with Gasteiger partial charge in [-0.3, -0.25) is 9.10 Å². The number of carbonyl (C=O) groups is 2. The molecule has 2 amide bonds. The van der Waals surface area contributed by atoms with E-state index in [0.29, 0.717) is 11.3 Å². The monoisotopic (exact) mass is 341 g/mol. The van der Waals surface area contributed by atoms with E-state index in [-0.39, 0.29) is 30.9 Å². The molecule has 23 heavy (non-hydrogen) atoms. The molecule has 0 unspecified atom stereocenters. The molecule has 0 aliphatic heterocycles. The van der Waals surface area contributed by atoms with Crippen LogP contribution in [0.1, 0.15) is 31.1 Å². The third kappa shape index (κ3) is 6.27. The van der Waals surface area contributed by atoms with Crippen molar-refractivity contribution in [3.63, 3.8) is 0 Å². The lowest BCUT2D eigenvalue weighted by atomic mass is 10.1. The number of hydrogen-bond donors (Lipinski definition) is 2. The Bertz CT molecular complexity index is 654. The second-order valence-electron chi connectivity index (χ2n) is 5.49. The molecule has 7 nitrogen and oxygen atoms in total. The van der Waals surface area contributed by atoms with Gasteiger partial charge in [-0.25, -0.2) is 13.2 Å². The lowest BCUT2D eigenvalue weighted by Crippen LogP contribution is -2.43. The van der Waals surface area contributed by atoms with Gasteiger partial charge >= 0.3 is 6.03 Å². The van der Waals surface area contributed by atoms with Crippen molar-refractivity contribution >= 4 is 27.5 Å². The minimum atomic E-state index is -3.50. The fourth-order valence-corrected chi connectivity index (χ4v) is 2.86. The minimum absolute atomic E-state index is 0.000126. The second kappa shape index (κ2) is 7.96. The SMILES string of the molecule is CC(=O)c1ccc(N(CCNC(=O)NC(C)C)S(C)(=O)=O)cc1. The molecule has 0 saturated carbocycles. The van der Waals surface area contributed by atoms with E-state index in [0.717, 1.165) is 6.26 Å². The number of anilines is 1. The first-order valence-electron chi connectivity index (χ1n) is 7.24. The van der Waals surface area contributed by atoms with Crippen LogP contribution in [0.3, 0.4) is 0 Å². The van der Waals surface area contributed by atoms with Gasteiger partial charge in [-0.2, -0.15) is 0 Å². The summed E-state index contributed by atoms with van der Waals surface area (Å²) in [4.78, 5) is 22.8. The minimum Gasteiger partial charge on any atom is -0.336 e. The molecule has 0 spiro atoms. The van der Waals surface area contributed by atoms with Gasteiger partial charge in [0.25, 0.3) is 0 Å². The predicted molar refractivity (Wildman–Crippen MR) is 90.3 cm³/mol. The number of hydrogen-bond acceptors (Lipinski definition) is 4. The van der Waals surface area contributed by atoms with Crippen molar-refractivity contribution in [2.45, 2.75) is 26.8 Å². The van der Waals surface area contributed by atoms with Crippen molar-refractivity contribution < 1.29 is 18.0 Å². The molecule has 8 heteroatoms. The molecule has 0 aliphatic carbocycles. The Balaban J connectivity index is 2.78. The number of sulfonamides is 1. The highest BCUT2D eigenvalue weighted by molar-refractivity contribution is 7.92. The Morgan fingerprint density at radius 2 is 1.74 bits per heavy atom. The molecule has 0 aromatic heterocycles. The molecule has 2 N–H and O–H groups in total. The summed E-state index contributed by atoms with van der Waals surface area (Å²) in [6.45, 7) is 5.38. The van der Waals surface area contributed by atoms with E-state index in [4.69, 9.17) is 0 Å². The maximum Gasteiger partial charge on any atom is 0.315 e. The molecule has 1 rings (SSSR count). The number of urea groups is 1. The molecule has 0 fully saturated rings. The lowest BCUT2D eigenvalue weighted by Gasteiger charge is -2.23. The number of benzene rings is 1. The topological polar surface area (TPSA) is 95.6 Å². The van der Waals surface area contributed by atoms with Crippen molar-refractivity contribution in [1.82, 2.24) is 10.6 Å². The van der Waals surface area contributed by atoms with Gasteiger partial charge in [0.15, 0.2) is 5.78 Å². The predicted octanol–water partition coefficient (Wildman–Crippen LogP) is 1.36. The molecule has 0 bridgehead atoms. The zero-order chi connectivity index (χ0) is 17.6. The van der Waals surface area contributed by atoms with E-state index in [9.17, 15) is 18.0 Å². The van der Waals surface area contributed by atoms with Gasteiger partial charge in [-0.15, -0.1) is 0 Å². The number of rotatable bonds is 7. The summed E-state index contributed by atoms with van der Waals surface area (Å²) >= 11 is 0. The largest absolute Gasteiger partial charge is 0.336 e. The number of nitrogens with zero attached hydrogens (tertiary/aromatic N) is 1. The molecule has 1 aromatic carbocycles. The van der Waals surface area contributed by atoms with Crippen LogP contribution in [-0.2, 0) is 10.0 Å². The third-order valence-electron chi connectivity index (χ3n) is 2.98. The van der Waals surface area contributed by atoms with E-state index in [1.54, 1.807) is 24.3 Å². The maximum absolute atomic E-state index is 11.9. The van der Waals surface area contributed by atoms with Gasteiger partial charge in [0, 0.05) is 18.2 Å². The maximum atomic E-state index is 11.9. The molecule has 128 valence electrons. The summed E-state index contributed by atoms with van der Waals surface area (Å²) in [5.74, 6) is -0.0884. The Morgan fingerprint density at radius 3 is 2.17 bits per heavy atom. The molecule has 0 atom stereocenters. The smallest absolute Gasteiger partial charge is 0.315 e. The summed E-state index contributed by atoms with van der Waals surface area (Å²) in [7, 11) is -3.50. The summed E-state index contributed by atoms with van der Waals surface area (Å²) in [6, 6.07) is 5.96. The molecular formula is C15H23N3O4S. The Kier molecular flexibility index (Phi) is 6.56. The summed E-state index contributed by atoms with van der Waals surface area (Å²) in [5.41, 5.74) is 0.959. The van der Waals surface area contributed by atoms with Crippen LogP contribution in [0.4, 0.5) is 10.5 Å². The van der Waals surface area contributed by atoms with Crippen LogP contribution in [0, 0.1) is 0 Å². The van der Waals surface area contributed by atoms with Crippen molar-refractivity contribution in [1.29, 1.82) is 0 Å². The van der Waals surface area contributed by atoms with Crippen LogP contribution >= 0.6 is 0 Å². The van der Waals surface area contributed by atoms with Crippen molar-refractivity contribution in [3.05, 3.63) is 29.8 Å². The fourth-order valence-electron chi connectivity index (χ4n) is 1.93. The molecular weight excluding hydrogens is 318 g/mol. The van der Waals surface area contributed by atoms with Crippen molar-refractivity contribution in [3.8, 4) is 0 Å². The summed E-state index contributed by atoms with van der Waals surface area (Å²) in [5, 5.41) is 5.27. The van der Waals surface area contributed by atoms with Gasteiger partial charge in [-0.1, -0.05) is 0 Å². The number of carbonyl (C=O) groups excluding carboxylic acids is 2. The number of nitrogens with one attached hydrogen (secondary N) is 2. The van der Waals surface area contributed by atoms with Crippen molar-refractivity contribution in [2.24, 2.45) is 0 Å². The molecule has 0 heterocycles. The van der Waals surface area contributed by atoms with Crippen LogP contribution in [0.5, 0.6) is 0 Å². The fraction of sp³-hybridized carbons (Fsp3) is 0.467. The average Bonchev–Trinajstić information content (AvgIpc) is 2.41. The van der Waals surface area contributed by atoms with E-state index < -0.39 is 10.0 Å². The standard InChI is InChI=1S/C15H23N3O4S/c1-11(2)17-15(20)16-9-10-18(23(4,21)22)14-7-5-13(6-8-14)12(3)19/h5-8,11H,9-10H2,1-4H3,(H2,16,17,20). The number of ketones is 1. The molecule has 1 aromatic rings. The first-order chi connectivity index (χ1) is 10.6. The van der Waals surface area contributed by atoms with E-state index in [1.807, 2.05) is 13.8 Å². The van der Waals surface area contributed by atoms with Gasteiger partial charge < -0.3 is 10.6 Å². The third-order valence-corrected chi connectivity index (χ3v) is 4.18. The number of Topliss-reactive ketones (excluding diaryl/α,β-unsaturated/α-hetero) is 1. The Hall–Kier alpha value is -2.09. The normalized spacial score (nSPS) is 11.2. The van der Waals surface area contributed by atoms with Crippen LogP contribution in [0.15, 0.2) is 24.3 Å². The second-order valence-corrected chi connectivity index (χ2v) is 7.40. The highest BCUT2D eigenvalue weighted by Gasteiger charge is 2.17. The molecule has 0 radical (unpaired) electrons. The van der Waals surface area contributed by atoms with Gasteiger partial charge in [0.2, 0.25) is 10.0 Å². The van der Waals surface area contributed by atoms with E-state index >= 15 is 0 Å². The Labute approximate surface area is 137 Å². The van der Waals surface area contributed by atoms with Crippen LogP contribution in [0.25, 0.3) is 0 Å². The summed E-state index contributed by atoms with van der Waals surface area (Å²) in [6.07, 6.45) is 1.10. The Morgan fingerprint density at radius 1 is 1.17 bits per heavy atom. The summed E-state index contributed by atoms with van der Waals surface area (Å²) < 4.78 is 25.1. The highest BCUT2D eigenvalue weighted by Crippen LogP contribution is 2.18. The number of amides is 2. The van der Waals surface area contributed by atoms with Gasteiger partial charge in [0.05, 0.1) is 18.5 Å². The van der Waals surface area contributed by atoms with E-state index in [2.05, 4.69) is 10.6 Å². The van der Waals surface area contributed by atoms with Crippen LogP contribution < -0.4 is 14.9 Å². The zero-order valence-corrected chi connectivity index (χ0v) is 14.6. The van der Waals surface area contributed by atoms with Crippen LogP contribution in [0.2, 0.25) is 0 Å². The van der Waals surface area contributed by atoms with Crippen LogP contribution in [-0.4, -0.2) is 45.6 Å². The van der Waals surface area contributed by atoms with Gasteiger partial charge in [0.1, 0.15) is 0 Å². The highest BCUT2D eigenvalue weighted by atomic mass is 32.2.